The number of rotatable bonds is 6. The van der Waals surface area contributed by atoms with Crippen LogP contribution in [0.25, 0.3) is 16.8 Å². The molecule has 1 saturated heterocycles. The molecule has 11 heteroatoms. The lowest BCUT2D eigenvalue weighted by atomic mass is 10.1. The van der Waals surface area contributed by atoms with E-state index in [9.17, 15) is 12.8 Å². The summed E-state index contributed by atoms with van der Waals surface area (Å²) in [6.07, 6.45) is 5.38. The van der Waals surface area contributed by atoms with Crippen molar-refractivity contribution in [2.75, 3.05) is 31.0 Å². The third-order valence-electron chi connectivity index (χ3n) is 5.61. The minimum absolute atomic E-state index is 0.00570. The molecule has 1 aliphatic rings. The van der Waals surface area contributed by atoms with Crippen LogP contribution in [0.15, 0.2) is 66.0 Å². The number of hydrogen-bond donors (Lipinski definition) is 1. The Bertz CT molecular complexity index is 1440. The van der Waals surface area contributed by atoms with Gasteiger partial charge in [0.2, 0.25) is 0 Å². The van der Waals surface area contributed by atoms with Gasteiger partial charge in [-0.15, -0.1) is 0 Å². The Kier molecular flexibility index (Phi) is 6.22. The molecular weight excluding hydrogens is 481 g/mol. The highest BCUT2D eigenvalue weighted by Crippen LogP contribution is 2.29. The van der Waals surface area contributed by atoms with Crippen molar-refractivity contribution >= 4 is 33.0 Å². The number of aromatic nitrogens is 3. The number of sulfonamides is 1. The fourth-order valence-electron chi connectivity index (χ4n) is 3.80. The number of hydrogen-bond acceptors (Lipinski definition) is 6. The van der Waals surface area contributed by atoms with Crippen LogP contribution >= 0.6 is 11.6 Å². The molecular formula is C23H21ClFN5O3S. The smallest absolute Gasteiger partial charge is 0.261 e. The molecule has 1 fully saturated rings. The number of fused-ring (bicyclic) bond motifs is 1. The third kappa shape index (κ3) is 4.76. The van der Waals surface area contributed by atoms with E-state index in [0.717, 1.165) is 61.9 Å². The van der Waals surface area contributed by atoms with E-state index < -0.39 is 15.8 Å². The van der Waals surface area contributed by atoms with Gasteiger partial charge in [-0.1, -0.05) is 11.6 Å². The summed E-state index contributed by atoms with van der Waals surface area (Å²) in [7, 11) is -3.97. The molecule has 4 heterocycles. The summed E-state index contributed by atoms with van der Waals surface area (Å²) < 4.78 is 48.6. The summed E-state index contributed by atoms with van der Waals surface area (Å²) in [5.41, 5.74) is 3.47. The monoisotopic (exact) mass is 501 g/mol. The normalized spacial score (nSPS) is 15.0. The Balaban J connectivity index is 1.44. The van der Waals surface area contributed by atoms with Gasteiger partial charge >= 0.3 is 0 Å². The van der Waals surface area contributed by atoms with Gasteiger partial charge in [0.05, 0.1) is 35.7 Å². The molecule has 5 rings (SSSR count). The fourth-order valence-corrected chi connectivity index (χ4v) is 5.07. The number of ether oxygens (including phenoxy) is 1. The van der Waals surface area contributed by atoms with E-state index >= 15 is 0 Å². The van der Waals surface area contributed by atoms with Crippen LogP contribution in [0.3, 0.4) is 0 Å². The summed E-state index contributed by atoms with van der Waals surface area (Å²) in [6, 6.07) is 9.95. The molecule has 1 aromatic carbocycles. The highest BCUT2D eigenvalue weighted by molar-refractivity contribution is 7.92. The number of imidazole rings is 1. The van der Waals surface area contributed by atoms with E-state index in [1.54, 1.807) is 12.3 Å². The van der Waals surface area contributed by atoms with Crippen LogP contribution < -0.4 is 4.72 Å². The molecule has 0 saturated carbocycles. The molecule has 0 radical (unpaired) electrons. The van der Waals surface area contributed by atoms with Crippen molar-refractivity contribution in [1.29, 1.82) is 0 Å². The molecule has 0 atom stereocenters. The van der Waals surface area contributed by atoms with E-state index in [2.05, 4.69) is 19.6 Å². The quantitative estimate of drug-likeness (QED) is 0.404. The van der Waals surface area contributed by atoms with E-state index in [0.29, 0.717) is 5.56 Å². The number of pyridine rings is 2. The predicted molar refractivity (Wildman–Crippen MR) is 127 cm³/mol. The van der Waals surface area contributed by atoms with E-state index in [4.69, 9.17) is 16.3 Å². The Morgan fingerprint density at radius 1 is 1.03 bits per heavy atom. The van der Waals surface area contributed by atoms with Crippen molar-refractivity contribution in [1.82, 2.24) is 19.3 Å². The maximum Gasteiger partial charge on any atom is 0.261 e. The van der Waals surface area contributed by atoms with Crippen molar-refractivity contribution in [3.8, 4) is 11.1 Å². The number of nitrogens with zero attached hydrogens (tertiary/aromatic N) is 4. The second-order valence-corrected chi connectivity index (χ2v) is 9.95. The van der Waals surface area contributed by atoms with Crippen LogP contribution in [-0.4, -0.2) is 54.0 Å². The van der Waals surface area contributed by atoms with Crippen LogP contribution in [-0.2, 0) is 21.3 Å². The highest BCUT2D eigenvalue weighted by atomic mass is 35.5. The van der Waals surface area contributed by atoms with E-state index in [1.807, 2.05) is 28.9 Å². The van der Waals surface area contributed by atoms with Crippen molar-refractivity contribution in [3.63, 3.8) is 0 Å². The second-order valence-electron chi connectivity index (χ2n) is 7.91. The average Bonchev–Trinajstić information content (AvgIpc) is 3.23. The molecule has 176 valence electrons. The average molecular weight is 502 g/mol. The Morgan fingerprint density at radius 2 is 1.79 bits per heavy atom. The fraction of sp³-hybridized carbons (Fsp3) is 0.217. The molecule has 4 aromatic rings. The van der Waals surface area contributed by atoms with Crippen molar-refractivity contribution in [2.24, 2.45) is 0 Å². The lowest BCUT2D eigenvalue weighted by Crippen LogP contribution is -2.35. The molecule has 0 aliphatic carbocycles. The zero-order valence-electron chi connectivity index (χ0n) is 18.0. The molecule has 0 amide bonds. The topological polar surface area (TPSA) is 88.8 Å². The molecule has 34 heavy (non-hydrogen) atoms. The number of morpholine rings is 1. The number of nitrogens with one attached hydrogen (secondary N) is 1. The largest absolute Gasteiger partial charge is 0.379 e. The first-order valence-electron chi connectivity index (χ1n) is 10.6. The standard InChI is InChI=1S/C23H21ClFN5O3S/c24-23-21(28-34(31,32)20-4-2-18(25)3-5-20)11-17(12-27-23)16-1-6-22-26-13-19(30(22)14-16)15-29-7-9-33-10-8-29/h1-6,11-14,28H,7-10,15H2. The number of benzene rings is 1. The summed E-state index contributed by atoms with van der Waals surface area (Å²) in [6.45, 7) is 3.91. The first-order valence-corrected chi connectivity index (χ1v) is 12.5. The van der Waals surface area contributed by atoms with Gasteiger partial charge in [0.25, 0.3) is 10.0 Å². The van der Waals surface area contributed by atoms with Crippen molar-refractivity contribution in [3.05, 3.63) is 77.7 Å². The Labute approximate surface area is 201 Å². The maximum absolute atomic E-state index is 13.2. The highest BCUT2D eigenvalue weighted by Gasteiger charge is 2.18. The third-order valence-corrected chi connectivity index (χ3v) is 7.29. The van der Waals surface area contributed by atoms with Gasteiger partial charge < -0.3 is 9.14 Å². The van der Waals surface area contributed by atoms with Crippen LogP contribution in [0.1, 0.15) is 5.69 Å². The van der Waals surface area contributed by atoms with E-state index in [-0.39, 0.29) is 15.7 Å². The molecule has 0 bridgehead atoms. The molecule has 1 N–H and O–H groups in total. The molecule has 3 aromatic heterocycles. The lowest BCUT2D eigenvalue weighted by Gasteiger charge is -2.26. The SMILES string of the molecule is O=S(=O)(Nc1cc(-c2ccc3ncc(CN4CCOCC4)n3c2)cnc1Cl)c1ccc(F)cc1. The van der Waals surface area contributed by atoms with Gasteiger partial charge in [0.15, 0.2) is 5.15 Å². The van der Waals surface area contributed by atoms with Gasteiger partial charge in [-0.3, -0.25) is 9.62 Å². The van der Waals surface area contributed by atoms with Crippen molar-refractivity contribution < 1.29 is 17.5 Å². The minimum atomic E-state index is -3.97. The number of anilines is 1. The first kappa shape index (κ1) is 22.7. The molecule has 0 unspecified atom stereocenters. The first-order chi connectivity index (χ1) is 16.4. The summed E-state index contributed by atoms with van der Waals surface area (Å²) >= 11 is 6.18. The molecule has 8 nitrogen and oxygen atoms in total. The number of halogens is 2. The predicted octanol–water partition coefficient (Wildman–Crippen LogP) is 3.82. The van der Waals surface area contributed by atoms with Crippen LogP contribution in [0.2, 0.25) is 5.15 Å². The molecule has 0 spiro atoms. The summed E-state index contributed by atoms with van der Waals surface area (Å²) in [5.74, 6) is -0.525. The molecule has 1 aliphatic heterocycles. The van der Waals surface area contributed by atoms with Crippen molar-refractivity contribution in [2.45, 2.75) is 11.4 Å². The van der Waals surface area contributed by atoms with Crippen LogP contribution in [0.4, 0.5) is 10.1 Å². The van der Waals surface area contributed by atoms with Gasteiger partial charge in [-0.25, -0.2) is 22.8 Å². The van der Waals surface area contributed by atoms with Gasteiger partial charge in [0.1, 0.15) is 11.5 Å². The zero-order chi connectivity index (χ0) is 23.7. The van der Waals surface area contributed by atoms with Gasteiger partial charge in [0, 0.05) is 43.2 Å². The van der Waals surface area contributed by atoms with E-state index in [1.165, 1.54) is 12.1 Å². The lowest BCUT2D eigenvalue weighted by molar-refractivity contribution is 0.0335. The summed E-state index contributed by atoms with van der Waals surface area (Å²) in [5, 5.41) is 0.00570. The van der Waals surface area contributed by atoms with Gasteiger partial charge in [-0.05, 0) is 42.5 Å². The summed E-state index contributed by atoms with van der Waals surface area (Å²) in [4.78, 5) is 10.9. The Hall–Kier alpha value is -3.05. The van der Waals surface area contributed by atoms with Crippen LogP contribution in [0.5, 0.6) is 0 Å². The second kappa shape index (κ2) is 9.30. The maximum atomic E-state index is 13.2. The Morgan fingerprint density at radius 3 is 2.56 bits per heavy atom. The minimum Gasteiger partial charge on any atom is -0.379 e. The van der Waals surface area contributed by atoms with Crippen LogP contribution in [0, 0.1) is 5.82 Å². The zero-order valence-corrected chi connectivity index (χ0v) is 19.6. The van der Waals surface area contributed by atoms with Gasteiger partial charge in [-0.2, -0.15) is 0 Å².